The quantitative estimate of drug-likeness (QED) is 0.387. The zero-order chi connectivity index (χ0) is 30.6. The summed E-state index contributed by atoms with van der Waals surface area (Å²) in [4.78, 5) is 65.3. The number of hydrogen-bond acceptors (Lipinski definition) is 5. The zero-order valence-corrected chi connectivity index (χ0v) is 24.1. The fourth-order valence-corrected chi connectivity index (χ4v) is 4.50. The molecule has 0 spiro atoms. The third kappa shape index (κ3) is 7.69. The fraction of sp³-hybridized carbons (Fsp3) is 0.621. The smallest absolute Gasteiger partial charge is 0.344 e. The molecule has 11 heteroatoms. The second-order valence-corrected chi connectivity index (χ2v) is 11.6. The maximum atomic E-state index is 13.5. The minimum absolute atomic E-state index is 0.0489. The second-order valence-electron chi connectivity index (χ2n) is 11.6. The Labute approximate surface area is 233 Å². The molecule has 2 N–H and O–H groups in total. The van der Waals surface area contributed by atoms with Crippen LogP contribution >= 0.6 is 0 Å². The molecule has 40 heavy (non-hydrogen) atoms. The minimum Gasteiger partial charge on any atom is -0.344 e. The van der Waals surface area contributed by atoms with E-state index in [1.807, 2.05) is 20.8 Å². The van der Waals surface area contributed by atoms with Crippen LogP contribution in [0.3, 0.4) is 0 Å². The first kappa shape index (κ1) is 33.0. The summed E-state index contributed by atoms with van der Waals surface area (Å²) in [6.45, 7) is 12.0. The molecule has 1 aliphatic rings. The van der Waals surface area contributed by atoms with E-state index in [9.17, 15) is 37.1 Å². The Balaban J connectivity index is 2.18. The largest absolute Gasteiger partial charge is 0.452 e. The fourth-order valence-electron chi connectivity index (χ4n) is 4.50. The van der Waals surface area contributed by atoms with Crippen LogP contribution in [0, 0.1) is 17.3 Å². The number of Topliss-reactive ketones (excluding diaryl/α,β-unsaturated/α-hetero) is 2. The Kier molecular flexibility index (Phi) is 10.7. The Morgan fingerprint density at radius 2 is 1.43 bits per heavy atom. The third-order valence-electron chi connectivity index (χ3n) is 7.49. The average Bonchev–Trinajstić information content (AvgIpc) is 3.38. The summed E-state index contributed by atoms with van der Waals surface area (Å²) in [6.07, 6.45) is -3.81. The second kappa shape index (κ2) is 13.0. The molecule has 8 nitrogen and oxygen atoms in total. The molecule has 3 atom stereocenters. The van der Waals surface area contributed by atoms with Crippen LogP contribution in [0.2, 0.25) is 0 Å². The van der Waals surface area contributed by atoms with E-state index in [4.69, 9.17) is 0 Å². The van der Waals surface area contributed by atoms with Crippen molar-refractivity contribution in [3.8, 4) is 0 Å². The summed E-state index contributed by atoms with van der Waals surface area (Å²) in [5.41, 5.74) is 0.159. The van der Waals surface area contributed by atoms with Crippen molar-refractivity contribution in [3.05, 3.63) is 35.4 Å². The number of likely N-dealkylation sites (tertiary alicyclic amines) is 1. The van der Waals surface area contributed by atoms with Gasteiger partial charge in [-0.3, -0.25) is 24.0 Å². The molecule has 1 saturated heterocycles. The Hall–Kier alpha value is -3.24. The van der Waals surface area contributed by atoms with Crippen molar-refractivity contribution in [1.82, 2.24) is 15.5 Å². The van der Waals surface area contributed by atoms with Crippen molar-refractivity contribution in [2.45, 2.75) is 92.0 Å². The lowest BCUT2D eigenvalue weighted by atomic mass is 9.82. The van der Waals surface area contributed by atoms with Crippen molar-refractivity contribution in [2.75, 3.05) is 6.54 Å². The van der Waals surface area contributed by atoms with Crippen LogP contribution in [0.15, 0.2) is 24.3 Å². The highest BCUT2D eigenvalue weighted by Gasteiger charge is 2.46. The summed E-state index contributed by atoms with van der Waals surface area (Å²) < 4.78 is 39.2. The van der Waals surface area contributed by atoms with Crippen molar-refractivity contribution in [2.24, 2.45) is 17.3 Å². The van der Waals surface area contributed by atoms with E-state index in [-0.39, 0.29) is 30.2 Å². The molecule has 1 aromatic rings. The van der Waals surface area contributed by atoms with E-state index in [0.29, 0.717) is 18.4 Å². The molecule has 1 heterocycles. The number of carbonyl (C=O) groups is 5. The molecule has 1 unspecified atom stereocenters. The monoisotopic (exact) mass is 567 g/mol. The summed E-state index contributed by atoms with van der Waals surface area (Å²) in [7, 11) is 0. The zero-order valence-electron chi connectivity index (χ0n) is 24.1. The number of amides is 3. The highest BCUT2D eigenvalue weighted by atomic mass is 19.4. The molecule has 3 amide bonds. The van der Waals surface area contributed by atoms with Crippen LogP contribution in [0.4, 0.5) is 13.2 Å². The number of nitrogens with zero attached hydrogens (tertiary/aromatic N) is 1. The normalized spacial score (nSPS) is 17.5. The Morgan fingerprint density at radius 3 is 1.90 bits per heavy atom. The van der Waals surface area contributed by atoms with Gasteiger partial charge in [-0.15, -0.1) is 0 Å². The van der Waals surface area contributed by atoms with Gasteiger partial charge in [0, 0.05) is 23.1 Å². The highest BCUT2D eigenvalue weighted by molar-refractivity contribution is 6.02. The molecular weight excluding hydrogens is 527 g/mol. The van der Waals surface area contributed by atoms with Gasteiger partial charge in [0.1, 0.15) is 12.1 Å². The van der Waals surface area contributed by atoms with E-state index >= 15 is 0 Å². The third-order valence-corrected chi connectivity index (χ3v) is 7.49. The van der Waals surface area contributed by atoms with Gasteiger partial charge >= 0.3 is 6.18 Å². The van der Waals surface area contributed by atoms with Crippen molar-refractivity contribution >= 4 is 29.3 Å². The van der Waals surface area contributed by atoms with Crippen LogP contribution in [0.25, 0.3) is 0 Å². The molecule has 1 aromatic carbocycles. The molecule has 0 saturated carbocycles. The summed E-state index contributed by atoms with van der Waals surface area (Å²) in [5, 5.41) is 4.90. The number of hydrogen-bond donors (Lipinski definition) is 2. The van der Waals surface area contributed by atoms with E-state index in [1.54, 1.807) is 26.0 Å². The first-order chi connectivity index (χ1) is 18.4. The first-order valence-electron chi connectivity index (χ1n) is 13.6. The van der Waals surface area contributed by atoms with Crippen LogP contribution in [0.1, 0.15) is 88.4 Å². The maximum Gasteiger partial charge on any atom is 0.452 e. The Morgan fingerprint density at radius 1 is 0.900 bits per heavy atom. The van der Waals surface area contributed by atoms with Gasteiger partial charge < -0.3 is 15.5 Å². The predicted molar refractivity (Wildman–Crippen MR) is 144 cm³/mol. The lowest BCUT2D eigenvalue weighted by Crippen LogP contribution is -2.58. The molecule has 1 fully saturated rings. The highest BCUT2D eigenvalue weighted by Crippen LogP contribution is 2.26. The van der Waals surface area contributed by atoms with Gasteiger partial charge in [-0.25, -0.2) is 0 Å². The number of carbonyl (C=O) groups excluding carboxylic acids is 5. The number of ketones is 2. The van der Waals surface area contributed by atoms with Gasteiger partial charge in [-0.05, 0) is 43.2 Å². The van der Waals surface area contributed by atoms with Crippen LogP contribution < -0.4 is 10.6 Å². The minimum atomic E-state index is -5.11. The van der Waals surface area contributed by atoms with Crippen molar-refractivity contribution in [1.29, 1.82) is 0 Å². The SMILES string of the molecule is CCC(C)(C)C(=O)c1ccc(C(=O)N[C@H](C(=O)N2CCC[C@H]2C(=O)NC(C(=O)C(F)(F)F)C(C)C)C(C)C)cc1. The lowest BCUT2D eigenvalue weighted by Gasteiger charge is -2.32. The van der Waals surface area contributed by atoms with Gasteiger partial charge in [0.05, 0.1) is 6.04 Å². The van der Waals surface area contributed by atoms with E-state index in [1.165, 1.54) is 30.9 Å². The van der Waals surface area contributed by atoms with Crippen LogP contribution in [-0.4, -0.2) is 65.0 Å². The van der Waals surface area contributed by atoms with Crippen molar-refractivity contribution < 1.29 is 37.1 Å². The first-order valence-corrected chi connectivity index (χ1v) is 13.6. The van der Waals surface area contributed by atoms with Crippen LogP contribution in [0.5, 0.6) is 0 Å². The van der Waals surface area contributed by atoms with Crippen LogP contribution in [-0.2, 0) is 14.4 Å². The number of alkyl halides is 3. The maximum absolute atomic E-state index is 13.5. The average molecular weight is 568 g/mol. The molecule has 0 bridgehead atoms. The standard InChI is InChI=1S/C29H40F3N3O5/c1-8-28(6,7)23(36)18-11-13-19(14-12-18)25(38)34-22(17(4)5)27(40)35-15-9-10-20(35)26(39)33-21(16(2)3)24(37)29(30,31)32/h11-14,16-17,20-22H,8-10,15H2,1-7H3,(H,33,39)(H,34,38)/t20-,21?,22-/m0/s1. The lowest BCUT2D eigenvalue weighted by molar-refractivity contribution is -0.175. The molecule has 0 radical (unpaired) electrons. The summed E-state index contributed by atoms with van der Waals surface area (Å²) in [5.74, 6) is -5.22. The molecule has 222 valence electrons. The van der Waals surface area contributed by atoms with Gasteiger partial charge in [-0.2, -0.15) is 13.2 Å². The van der Waals surface area contributed by atoms with Crippen molar-refractivity contribution in [3.63, 3.8) is 0 Å². The van der Waals surface area contributed by atoms with Gasteiger partial charge in [0.15, 0.2) is 5.78 Å². The topological polar surface area (TPSA) is 113 Å². The number of benzene rings is 1. The van der Waals surface area contributed by atoms with Gasteiger partial charge in [-0.1, -0.05) is 60.6 Å². The Bertz CT molecular complexity index is 1110. The molecule has 1 aliphatic heterocycles. The van der Waals surface area contributed by atoms with E-state index in [2.05, 4.69) is 10.6 Å². The van der Waals surface area contributed by atoms with Gasteiger partial charge in [0.25, 0.3) is 11.7 Å². The number of halogens is 3. The predicted octanol–water partition coefficient (Wildman–Crippen LogP) is 4.32. The van der Waals surface area contributed by atoms with E-state index < -0.39 is 59.1 Å². The molecule has 0 aliphatic carbocycles. The summed E-state index contributed by atoms with van der Waals surface area (Å²) in [6, 6.07) is 2.28. The molecule has 0 aromatic heterocycles. The number of nitrogens with one attached hydrogen (secondary N) is 2. The van der Waals surface area contributed by atoms with E-state index in [0.717, 1.165) is 0 Å². The number of rotatable bonds is 11. The molecule has 2 rings (SSSR count). The van der Waals surface area contributed by atoms with Gasteiger partial charge in [0.2, 0.25) is 11.8 Å². The summed E-state index contributed by atoms with van der Waals surface area (Å²) >= 11 is 0. The molecular formula is C29H40F3N3O5.